The first-order valence-corrected chi connectivity index (χ1v) is 5.53. The summed E-state index contributed by atoms with van der Waals surface area (Å²) in [5.41, 5.74) is 0.928. The van der Waals surface area contributed by atoms with Crippen molar-refractivity contribution in [1.82, 2.24) is 4.98 Å². The van der Waals surface area contributed by atoms with Gasteiger partial charge in [0, 0.05) is 12.2 Å². The van der Waals surface area contributed by atoms with E-state index in [0.717, 1.165) is 5.56 Å². The molecular weight excluding hydrogens is 285 g/mol. The van der Waals surface area contributed by atoms with E-state index in [2.05, 4.69) is 26.2 Å². The normalized spacial score (nSPS) is 13.6. The third-order valence-corrected chi connectivity index (χ3v) is 3.00. The van der Waals surface area contributed by atoms with Crippen LogP contribution in [-0.4, -0.2) is 17.2 Å². The van der Waals surface area contributed by atoms with Crippen molar-refractivity contribution in [1.29, 1.82) is 0 Å². The minimum absolute atomic E-state index is 0.441. The Morgan fingerprint density at radius 1 is 1.50 bits per heavy atom. The number of aromatic nitrogens is 1. The predicted octanol–water partition coefficient (Wildman–Crippen LogP) is 3.91. The Hall–Kier alpha value is -0.780. The van der Waals surface area contributed by atoms with Crippen molar-refractivity contribution in [3.05, 3.63) is 22.3 Å². The van der Waals surface area contributed by atoms with Crippen molar-refractivity contribution in [2.24, 2.45) is 0 Å². The molecule has 1 atom stereocenters. The molecule has 0 aromatic carbocycles. The lowest BCUT2D eigenvalue weighted by Crippen LogP contribution is -2.24. The van der Waals surface area contributed by atoms with E-state index < -0.39 is 18.6 Å². The third kappa shape index (κ3) is 4.00. The minimum atomic E-state index is -4.16. The van der Waals surface area contributed by atoms with Gasteiger partial charge in [-0.05, 0) is 41.4 Å². The Kier molecular flexibility index (Phi) is 4.18. The Bertz CT molecular complexity index is 366. The van der Waals surface area contributed by atoms with Gasteiger partial charge in [0.15, 0.2) is 0 Å². The smallest absolute Gasteiger partial charge is 0.366 e. The molecule has 1 rings (SSSR count). The fourth-order valence-corrected chi connectivity index (χ4v) is 1.62. The zero-order valence-electron chi connectivity index (χ0n) is 8.90. The van der Waals surface area contributed by atoms with E-state index in [-0.39, 0.29) is 0 Å². The lowest BCUT2D eigenvalue weighted by molar-refractivity contribution is -0.136. The van der Waals surface area contributed by atoms with E-state index in [9.17, 15) is 13.2 Å². The fourth-order valence-electron chi connectivity index (χ4n) is 1.27. The molecule has 2 nitrogen and oxygen atoms in total. The van der Waals surface area contributed by atoms with Gasteiger partial charge >= 0.3 is 6.18 Å². The van der Waals surface area contributed by atoms with Gasteiger partial charge in [0.05, 0.1) is 10.9 Å². The molecule has 1 aromatic rings. The minimum Gasteiger partial charge on any atom is -0.366 e. The molecule has 0 fully saturated rings. The van der Waals surface area contributed by atoms with E-state index in [0.29, 0.717) is 10.3 Å². The van der Waals surface area contributed by atoms with Crippen molar-refractivity contribution in [2.75, 3.05) is 5.32 Å². The highest BCUT2D eigenvalue weighted by Crippen LogP contribution is 2.27. The highest BCUT2D eigenvalue weighted by molar-refractivity contribution is 9.10. The van der Waals surface area contributed by atoms with Crippen LogP contribution in [0, 0.1) is 6.92 Å². The van der Waals surface area contributed by atoms with Gasteiger partial charge in [-0.2, -0.15) is 13.2 Å². The van der Waals surface area contributed by atoms with E-state index in [1.807, 2.05) is 6.92 Å². The van der Waals surface area contributed by atoms with Gasteiger partial charge in [0.1, 0.15) is 5.82 Å². The van der Waals surface area contributed by atoms with Crippen molar-refractivity contribution in [2.45, 2.75) is 32.5 Å². The average molecular weight is 297 g/mol. The molecule has 0 bridgehead atoms. The van der Waals surface area contributed by atoms with Crippen LogP contribution < -0.4 is 5.32 Å². The number of halogens is 4. The van der Waals surface area contributed by atoms with Crippen LogP contribution in [0.25, 0.3) is 0 Å². The Morgan fingerprint density at radius 3 is 2.69 bits per heavy atom. The van der Waals surface area contributed by atoms with Crippen LogP contribution >= 0.6 is 15.9 Å². The number of rotatable bonds is 3. The summed E-state index contributed by atoms with van der Waals surface area (Å²) in [6, 6.07) is 1.08. The SMILES string of the molecule is Cc1ccnc(NC(C)CC(F)(F)F)c1Br. The van der Waals surface area contributed by atoms with Gasteiger partial charge in [0.25, 0.3) is 0 Å². The molecule has 0 saturated carbocycles. The van der Waals surface area contributed by atoms with Crippen LogP contribution in [0.3, 0.4) is 0 Å². The number of pyridine rings is 1. The monoisotopic (exact) mass is 296 g/mol. The zero-order chi connectivity index (χ0) is 12.3. The molecule has 0 amide bonds. The van der Waals surface area contributed by atoms with Crippen molar-refractivity contribution >= 4 is 21.7 Å². The molecule has 1 aromatic heterocycles. The molecule has 1 heterocycles. The van der Waals surface area contributed by atoms with Gasteiger partial charge in [-0.15, -0.1) is 0 Å². The Morgan fingerprint density at radius 2 is 2.12 bits per heavy atom. The third-order valence-electron chi connectivity index (χ3n) is 2.00. The van der Waals surface area contributed by atoms with E-state index >= 15 is 0 Å². The summed E-state index contributed by atoms with van der Waals surface area (Å²) < 4.78 is 37.0. The van der Waals surface area contributed by atoms with Gasteiger partial charge in [0.2, 0.25) is 0 Å². The second kappa shape index (κ2) is 5.03. The van der Waals surface area contributed by atoms with Crippen LogP contribution in [-0.2, 0) is 0 Å². The van der Waals surface area contributed by atoms with E-state index in [4.69, 9.17) is 0 Å². The quantitative estimate of drug-likeness (QED) is 0.915. The average Bonchev–Trinajstić information content (AvgIpc) is 2.09. The molecule has 1 N–H and O–H groups in total. The summed E-state index contributed by atoms with van der Waals surface area (Å²) in [6.45, 7) is 3.33. The Balaban J connectivity index is 2.70. The highest BCUT2D eigenvalue weighted by atomic mass is 79.9. The first-order chi connectivity index (χ1) is 7.29. The zero-order valence-corrected chi connectivity index (χ0v) is 10.5. The number of anilines is 1. The maximum atomic E-state index is 12.1. The lowest BCUT2D eigenvalue weighted by Gasteiger charge is -2.17. The van der Waals surface area contributed by atoms with Gasteiger partial charge < -0.3 is 5.32 Å². The molecule has 0 aliphatic carbocycles. The van der Waals surface area contributed by atoms with Gasteiger partial charge in [-0.3, -0.25) is 0 Å². The van der Waals surface area contributed by atoms with Crippen molar-refractivity contribution in [3.8, 4) is 0 Å². The molecule has 0 radical (unpaired) electrons. The second-order valence-corrected chi connectivity index (χ2v) is 4.45. The standard InChI is InChI=1S/C10H12BrF3N2/c1-6-3-4-15-9(8(6)11)16-7(2)5-10(12,13)14/h3-4,7H,5H2,1-2H3,(H,15,16). The summed E-state index contributed by atoms with van der Waals surface area (Å²) in [4.78, 5) is 3.98. The molecule has 0 aliphatic rings. The van der Waals surface area contributed by atoms with Gasteiger partial charge in [-0.25, -0.2) is 4.98 Å². The molecule has 6 heteroatoms. The van der Waals surface area contributed by atoms with Crippen molar-refractivity contribution < 1.29 is 13.2 Å². The van der Waals surface area contributed by atoms with E-state index in [1.165, 1.54) is 6.92 Å². The van der Waals surface area contributed by atoms with Crippen LogP contribution in [0.1, 0.15) is 18.9 Å². The number of nitrogens with one attached hydrogen (secondary N) is 1. The van der Waals surface area contributed by atoms with Crippen LogP contribution in [0.15, 0.2) is 16.7 Å². The molecule has 16 heavy (non-hydrogen) atoms. The molecule has 0 saturated heterocycles. The van der Waals surface area contributed by atoms with Crippen molar-refractivity contribution in [3.63, 3.8) is 0 Å². The largest absolute Gasteiger partial charge is 0.391 e. The molecular formula is C10H12BrF3N2. The first-order valence-electron chi connectivity index (χ1n) is 4.74. The van der Waals surface area contributed by atoms with Crippen LogP contribution in [0.5, 0.6) is 0 Å². The summed E-state index contributed by atoms with van der Waals surface area (Å²) >= 11 is 3.28. The number of aryl methyl sites for hydroxylation is 1. The highest BCUT2D eigenvalue weighted by Gasteiger charge is 2.30. The molecule has 1 unspecified atom stereocenters. The summed E-state index contributed by atoms with van der Waals surface area (Å²) in [5, 5.41) is 2.73. The second-order valence-electron chi connectivity index (χ2n) is 3.66. The van der Waals surface area contributed by atoms with Gasteiger partial charge in [-0.1, -0.05) is 0 Å². The molecule has 0 aliphatic heterocycles. The number of hydrogen-bond acceptors (Lipinski definition) is 2. The first kappa shape index (κ1) is 13.3. The maximum absolute atomic E-state index is 12.1. The predicted molar refractivity (Wildman–Crippen MR) is 60.4 cm³/mol. The molecule has 90 valence electrons. The number of hydrogen-bond donors (Lipinski definition) is 1. The number of alkyl halides is 3. The summed E-state index contributed by atoms with van der Waals surface area (Å²) in [5.74, 6) is 0.441. The maximum Gasteiger partial charge on any atom is 0.391 e. The van der Waals surface area contributed by atoms with Crippen LogP contribution in [0.2, 0.25) is 0 Å². The topological polar surface area (TPSA) is 24.9 Å². The Labute approximate surface area is 100 Å². The number of nitrogens with zero attached hydrogens (tertiary/aromatic N) is 1. The lowest BCUT2D eigenvalue weighted by atomic mass is 10.2. The molecule has 0 spiro atoms. The fraction of sp³-hybridized carbons (Fsp3) is 0.500. The summed E-state index contributed by atoms with van der Waals surface area (Å²) in [7, 11) is 0. The summed E-state index contributed by atoms with van der Waals surface area (Å²) in [6.07, 6.45) is -3.49. The van der Waals surface area contributed by atoms with Crippen LogP contribution in [0.4, 0.5) is 19.0 Å². The van der Waals surface area contributed by atoms with E-state index in [1.54, 1.807) is 12.3 Å².